The topological polar surface area (TPSA) is 29.0 Å². The summed E-state index contributed by atoms with van der Waals surface area (Å²) < 4.78 is 0. The molecule has 0 radical (unpaired) electrons. The molecule has 0 N–H and O–H groups in total. The van der Waals surface area contributed by atoms with Gasteiger partial charge in [-0.1, -0.05) is 97.1 Å². The molecule has 0 amide bonds. The minimum Gasteiger partial charge on any atom is -0.309 e. The Morgan fingerprint density at radius 3 is 2.05 bits per heavy atom. The van der Waals surface area contributed by atoms with Crippen molar-refractivity contribution in [2.45, 2.75) is 0 Å². The summed E-state index contributed by atoms with van der Waals surface area (Å²) in [5.41, 5.74) is 12.3. The van der Waals surface area contributed by atoms with Crippen molar-refractivity contribution in [3.05, 3.63) is 152 Å². The average molecular weight is 524 g/mol. The van der Waals surface area contributed by atoms with E-state index in [1.165, 1.54) is 27.6 Å². The van der Waals surface area contributed by atoms with Crippen molar-refractivity contribution in [3.8, 4) is 44.8 Å². The zero-order valence-electron chi connectivity index (χ0n) is 22.3. The van der Waals surface area contributed by atoms with Crippen molar-refractivity contribution >= 4 is 27.8 Å². The van der Waals surface area contributed by atoms with E-state index in [2.05, 4.69) is 137 Å². The van der Waals surface area contributed by atoms with Gasteiger partial charge in [-0.3, -0.25) is 9.97 Å². The summed E-state index contributed by atoms with van der Waals surface area (Å²) in [6, 6.07) is 49.4. The molecule has 41 heavy (non-hydrogen) atoms. The van der Waals surface area contributed by atoms with Crippen LogP contribution in [0.2, 0.25) is 0 Å². The van der Waals surface area contributed by atoms with E-state index in [0.717, 1.165) is 45.0 Å². The summed E-state index contributed by atoms with van der Waals surface area (Å²) >= 11 is 0. The lowest BCUT2D eigenvalue weighted by Gasteiger charge is -2.28. The predicted octanol–water partition coefficient (Wildman–Crippen LogP) is 10.1. The first-order valence-electron chi connectivity index (χ1n) is 13.8. The monoisotopic (exact) mass is 523 g/mol. The number of anilines is 3. The summed E-state index contributed by atoms with van der Waals surface area (Å²) in [6.07, 6.45) is 3.75. The number of benzene rings is 5. The van der Waals surface area contributed by atoms with E-state index < -0.39 is 0 Å². The lowest BCUT2D eigenvalue weighted by molar-refractivity contribution is 1.28. The molecule has 0 atom stereocenters. The standard InChI is InChI=1S/C38H25N3/c1-2-13-30-26(10-1)21-23-40-38(30)28-19-20-34-32-15-4-3-14-31(32)33-16-5-6-18-36(33)41(37(34)25-28)29-12-9-11-27(24-29)35-17-7-8-22-39-35/h1-25H. The molecule has 0 spiro atoms. The third kappa shape index (κ3) is 3.90. The van der Waals surface area contributed by atoms with E-state index in [-0.39, 0.29) is 0 Å². The van der Waals surface area contributed by atoms with Gasteiger partial charge < -0.3 is 4.90 Å². The number of nitrogens with zero attached hydrogens (tertiary/aromatic N) is 3. The molecule has 0 fully saturated rings. The predicted molar refractivity (Wildman–Crippen MR) is 170 cm³/mol. The van der Waals surface area contributed by atoms with Gasteiger partial charge in [-0.25, -0.2) is 0 Å². The van der Waals surface area contributed by atoms with Gasteiger partial charge in [0.1, 0.15) is 0 Å². The molecule has 5 aromatic carbocycles. The SMILES string of the molecule is c1ccc(-c2cccc(N3c4ccccc4-c4ccccc4-c4ccc(-c5nccc6ccccc56)cc43)c2)nc1. The number of pyridine rings is 2. The zero-order valence-corrected chi connectivity index (χ0v) is 22.3. The van der Waals surface area contributed by atoms with Gasteiger partial charge in [0.15, 0.2) is 0 Å². The van der Waals surface area contributed by atoms with Gasteiger partial charge in [-0.2, -0.15) is 0 Å². The highest BCUT2D eigenvalue weighted by Gasteiger charge is 2.26. The van der Waals surface area contributed by atoms with Gasteiger partial charge >= 0.3 is 0 Å². The molecule has 3 nitrogen and oxygen atoms in total. The van der Waals surface area contributed by atoms with Crippen LogP contribution in [-0.4, -0.2) is 9.97 Å². The van der Waals surface area contributed by atoms with Gasteiger partial charge in [-0.15, -0.1) is 0 Å². The van der Waals surface area contributed by atoms with Gasteiger partial charge in [0.25, 0.3) is 0 Å². The molecule has 0 saturated carbocycles. The van der Waals surface area contributed by atoms with Crippen molar-refractivity contribution in [2.75, 3.05) is 4.90 Å². The number of rotatable bonds is 3. The first-order valence-corrected chi connectivity index (χ1v) is 13.8. The molecule has 1 aliphatic rings. The van der Waals surface area contributed by atoms with Crippen LogP contribution in [0, 0.1) is 0 Å². The summed E-state index contributed by atoms with van der Waals surface area (Å²) in [7, 11) is 0. The largest absolute Gasteiger partial charge is 0.309 e. The number of hydrogen-bond donors (Lipinski definition) is 0. The second kappa shape index (κ2) is 9.58. The van der Waals surface area contributed by atoms with Crippen LogP contribution in [0.3, 0.4) is 0 Å². The van der Waals surface area contributed by atoms with Gasteiger partial charge in [-0.05, 0) is 59.0 Å². The van der Waals surface area contributed by atoms with E-state index in [4.69, 9.17) is 4.98 Å². The second-order valence-electron chi connectivity index (χ2n) is 10.3. The van der Waals surface area contributed by atoms with Gasteiger partial charge in [0.05, 0.1) is 22.8 Å². The molecule has 0 unspecified atom stereocenters. The summed E-state index contributed by atoms with van der Waals surface area (Å²) in [5, 5.41) is 2.33. The highest BCUT2D eigenvalue weighted by atomic mass is 15.1. The van der Waals surface area contributed by atoms with Crippen LogP contribution < -0.4 is 4.90 Å². The van der Waals surface area contributed by atoms with Crippen molar-refractivity contribution in [1.82, 2.24) is 9.97 Å². The van der Waals surface area contributed by atoms with Crippen LogP contribution in [0.25, 0.3) is 55.5 Å². The summed E-state index contributed by atoms with van der Waals surface area (Å²) in [5.74, 6) is 0. The third-order valence-corrected chi connectivity index (χ3v) is 7.90. The minimum absolute atomic E-state index is 0.953. The molecule has 3 heteroatoms. The van der Waals surface area contributed by atoms with Crippen LogP contribution >= 0.6 is 0 Å². The number of fused-ring (bicyclic) bond motifs is 6. The molecule has 7 aromatic rings. The molecular formula is C38H25N3. The quantitative estimate of drug-likeness (QED) is 0.231. The maximum atomic E-state index is 4.86. The van der Waals surface area contributed by atoms with Crippen molar-refractivity contribution < 1.29 is 0 Å². The van der Waals surface area contributed by atoms with E-state index in [0.29, 0.717) is 0 Å². The lowest BCUT2D eigenvalue weighted by atomic mass is 9.93. The summed E-state index contributed by atoms with van der Waals surface area (Å²) in [4.78, 5) is 11.9. The molecule has 192 valence electrons. The minimum atomic E-state index is 0.953. The normalized spacial score (nSPS) is 11.9. The van der Waals surface area contributed by atoms with Crippen molar-refractivity contribution in [2.24, 2.45) is 0 Å². The van der Waals surface area contributed by atoms with Gasteiger partial charge in [0, 0.05) is 45.7 Å². The Morgan fingerprint density at radius 1 is 0.439 bits per heavy atom. The van der Waals surface area contributed by atoms with Gasteiger partial charge in [0.2, 0.25) is 0 Å². The van der Waals surface area contributed by atoms with Crippen LogP contribution in [0.15, 0.2) is 152 Å². The highest BCUT2D eigenvalue weighted by molar-refractivity contribution is 6.04. The lowest BCUT2D eigenvalue weighted by Crippen LogP contribution is -2.11. The first kappa shape index (κ1) is 23.4. The van der Waals surface area contributed by atoms with Crippen LogP contribution in [-0.2, 0) is 0 Å². The smallest absolute Gasteiger partial charge is 0.0781 e. The van der Waals surface area contributed by atoms with Crippen molar-refractivity contribution in [3.63, 3.8) is 0 Å². The number of aromatic nitrogens is 2. The Kier molecular flexibility index (Phi) is 5.46. The highest BCUT2D eigenvalue weighted by Crippen LogP contribution is 2.51. The molecule has 0 aliphatic carbocycles. The molecule has 3 heterocycles. The fourth-order valence-electron chi connectivity index (χ4n) is 6.04. The van der Waals surface area contributed by atoms with E-state index in [1.807, 2.05) is 24.5 Å². The Morgan fingerprint density at radius 2 is 1.20 bits per heavy atom. The average Bonchev–Trinajstić information content (AvgIpc) is 3.17. The Balaban J connectivity index is 1.42. The molecule has 2 aromatic heterocycles. The molecule has 0 saturated heterocycles. The van der Waals surface area contributed by atoms with E-state index >= 15 is 0 Å². The fourth-order valence-corrected chi connectivity index (χ4v) is 6.04. The van der Waals surface area contributed by atoms with Crippen LogP contribution in [0.4, 0.5) is 17.1 Å². The molecule has 1 aliphatic heterocycles. The Bertz CT molecular complexity index is 2060. The number of hydrogen-bond acceptors (Lipinski definition) is 3. The number of para-hydroxylation sites is 1. The molecule has 0 bridgehead atoms. The van der Waals surface area contributed by atoms with E-state index in [1.54, 1.807) is 0 Å². The molecular weight excluding hydrogens is 498 g/mol. The van der Waals surface area contributed by atoms with Crippen LogP contribution in [0.5, 0.6) is 0 Å². The fraction of sp³-hybridized carbons (Fsp3) is 0. The molecule has 8 rings (SSSR count). The first-order chi connectivity index (χ1) is 20.3. The zero-order chi connectivity index (χ0) is 27.2. The maximum Gasteiger partial charge on any atom is 0.0781 e. The maximum absolute atomic E-state index is 4.86. The van der Waals surface area contributed by atoms with Crippen LogP contribution in [0.1, 0.15) is 0 Å². The third-order valence-electron chi connectivity index (χ3n) is 7.90. The second-order valence-corrected chi connectivity index (χ2v) is 10.3. The Hall–Kier alpha value is -5.54. The Labute approximate surface area is 239 Å². The summed E-state index contributed by atoms with van der Waals surface area (Å²) in [6.45, 7) is 0. The van der Waals surface area contributed by atoms with E-state index in [9.17, 15) is 0 Å². The van der Waals surface area contributed by atoms with Crippen molar-refractivity contribution in [1.29, 1.82) is 0 Å².